The molecule has 2 aliphatic rings. The van der Waals surface area contributed by atoms with Crippen LogP contribution in [0.1, 0.15) is 129 Å². The molecule has 0 radical (unpaired) electrons. The fourth-order valence-corrected chi connectivity index (χ4v) is 7.92. The van der Waals surface area contributed by atoms with Crippen LogP contribution < -0.4 is 10.6 Å². The van der Waals surface area contributed by atoms with E-state index in [0.717, 1.165) is 5.57 Å². The van der Waals surface area contributed by atoms with E-state index in [1.165, 1.54) is 0 Å². The number of aliphatic hydroxyl groups excluding tert-OH is 1. The molecule has 0 aromatic rings. The van der Waals surface area contributed by atoms with Crippen molar-refractivity contribution in [1.82, 2.24) is 20.4 Å². The summed E-state index contributed by atoms with van der Waals surface area (Å²) in [5.41, 5.74) is -1.81. The minimum atomic E-state index is -0.536. The van der Waals surface area contributed by atoms with Crippen molar-refractivity contribution in [2.75, 3.05) is 6.61 Å². The van der Waals surface area contributed by atoms with Gasteiger partial charge in [0.15, 0.2) is 0 Å². The number of hydrogen-bond donors (Lipinski definition) is 3. The highest BCUT2D eigenvalue weighted by Gasteiger charge is 2.50. The van der Waals surface area contributed by atoms with Gasteiger partial charge in [-0.2, -0.15) is 0 Å². The Balaban J connectivity index is 2.11. The molecule has 9 nitrogen and oxygen atoms in total. The molecule has 0 spiro atoms. The zero-order chi connectivity index (χ0) is 34.2. The molecular formula is C35H62N4O5. The van der Waals surface area contributed by atoms with Crippen LogP contribution in [0.4, 0.5) is 0 Å². The van der Waals surface area contributed by atoms with Gasteiger partial charge in [0.2, 0.25) is 23.6 Å². The molecule has 2 aliphatic heterocycles. The standard InChI is InChI=1S/C35H62N4O5/c1-22(2)23(3)29(43)36-25-17-32(7,8)38(33(9,10)18-25)27(41)15-16-28(42)39-34(11,12)19-26(20-35(39,13)14)37-30(44)24(4)31(5,6)21-40/h23-26,40H,1,15-21H2,2-14H3,(H,36,43)(H,37,44). The van der Waals surface area contributed by atoms with Gasteiger partial charge in [-0.05, 0) is 100 Å². The molecule has 2 fully saturated rings. The van der Waals surface area contributed by atoms with Gasteiger partial charge in [-0.25, -0.2) is 0 Å². The van der Waals surface area contributed by atoms with Crippen molar-refractivity contribution < 1.29 is 24.3 Å². The summed E-state index contributed by atoms with van der Waals surface area (Å²) in [7, 11) is 0. The van der Waals surface area contributed by atoms with Crippen LogP contribution in [0.3, 0.4) is 0 Å². The van der Waals surface area contributed by atoms with Gasteiger partial charge in [0.1, 0.15) is 0 Å². The number of nitrogens with zero attached hydrogens (tertiary/aromatic N) is 2. The number of nitrogens with one attached hydrogen (secondary N) is 2. The second kappa shape index (κ2) is 13.1. The van der Waals surface area contributed by atoms with Gasteiger partial charge in [0.05, 0.1) is 5.92 Å². The highest BCUT2D eigenvalue weighted by Crippen LogP contribution is 2.41. The Labute approximate surface area is 267 Å². The monoisotopic (exact) mass is 618 g/mol. The molecule has 2 saturated heterocycles. The predicted octanol–water partition coefficient (Wildman–Crippen LogP) is 4.96. The SMILES string of the molecule is C=C(C)C(C)C(=O)NC1CC(C)(C)N(C(=O)CCC(=O)N2C(C)(C)CC(NC(=O)C(C)C(C)(C)CO)CC2(C)C)C(C)(C)C1. The highest BCUT2D eigenvalue weighted by molar-refractivity contribution is 5.86. The molecule has 0 aromatic carbocycles. The lowest BCUT2D eigenvalue weighted by molar-refractivity contribution is -0.157. The second-order valence-electron chi connectivity index (χ2n) is 16.9. The highest BCUT2D eigenvalue weighted by atomic mass is 16.3. The van der Waals surface area contributed by atoms with E-state index in [4.69, 9.17) is 0 Å². The van der Waals surface area contributed by atoms with Crippen LogP contribution in [-0.4, -0.2) is 79.4 Å². The smallest absolute Gasteiger partial charge is 0.227 e. The van der Waals surface area contributed by atoms with Gasteiger partial charge < -0.3 is 25.5 Å². The molecule has 9 heteroatoms. The van der Waals surface area contributed by atoms with Crippen LogP contribution in [0.15, 0.2) is 12.2 Å². The van der Waals surface area contributed by atoms with E-state index in [1.807, 2.05) is 99.8 Å². The van der Waals surface area contributed by atoms with E-state index in [2.05, 4.69) is 17.2 Å². The molecule has 0 saturated carbocycles. The third-order valence-corrected chi connectivity index (χ3v) is 10.3. The number of carbonyl (C=O) groups is 4. The summed E-state index contributed by atoms with van der Waals surface area (Å²) >= 11 is 0. The Hall–Kier alpha value is -2.42. The van der Waals surface area contributed by atoms with Crippen molar-refractivity contribution in [3.8, 4) is 0 Å². The zero-order valence-corrected chi connectivity index (χ0v) is 29.9. The molecule has 0 aliphatic carbocycles. The first-order valence-corrected chi connectivity index (χ1v) is 16.3. The van der Waals surface area contributed by atoms with E-state index < -0.39 is 27.6 Å². The Morgan fingerprint density at radius 2 is 1.07 bits per heavy atom. The van der Waals surface area contributed by atoms with Crippen LogP contribution in [0.25, 0.3) is 0 Å². The summed E-state index contributed by atoms with van der Waals surface area (Å²) in [5, 5.41) is 16.1. The molecule has 2 rings (SSSR count). The predicted molar refractivity (Wildman–Crippen MR) is 176 cm³/mol. The minimum Gasteiger partial charge on any atom is -0.396 e. The maximum absolute atomic E-state index is 13.8. The zero-order valence-electron chi connectivity index (χ0n) is 29.9. The van der Waals surface area contributed by atoms with Crippen molar-refractivity contribution >= 4 is 23.6 Å². The van der Waals surface area contributed by atoms with Crippen LogP contribution in [-0.2, 0) is 19.2 Å². The maximum Gasteiger partial charge on any atom is 0.227 e. The molecule has 2 heterocycles. The number of rotatable bonds is 10. The summed E-state index contributed by atoms with van der Waals surface area (Å²) in [6.45, 7) is 29.3. The lowest BCUT2D eigenvalue weighted by Crippen LogP contribution is -2.67. The first-order chi connectivity index (χ1) is 19.8. The Kier molecular flexibility index (Phi) is 11.3. The number of amides is 4. The van der Waals surface area contributed by atoms with E-state index in [0.29, 0.717) is 25.7 Å². The Bertz CT molecular complexity index is 1090. The molecule has 2 unspecified atom stereocenters. The van der Waals surface area contributed by atoms with Crippen molar-refractivity contribution in [1.29, 1.82) is 0 Å². The van der Waals surface area contributed by atoms with Gasteiger partial charge in [-0.15, -0.1) is 0 Å². The van der Waals surface area contributed by atoms with Gasteiger partial charge >= 0.3 is 0 Å². The van der Waals surface area contributed by atoms with E-state index in [-0.39, 0.29) is 67.0 Å². The fraction of sp³-hybridized carbons (Fsp3) is 0.829. The molecule has 44 heavy (non-hydrogen) atoms. The van der Waals surface area contributed by atoms with Crippen molar-refractivity contribution in [2.45, 2.75) is 163 Å². The van der Waals surface area contributed by atoms with Crippen LogP contribution in [0.5, 0.6) is 0 Å². The average molecular weight is 619 g/mol. The summed E-state index contributed by atoms with van der Waals surface area (Å²) in [6.07, 6.45) is 2.64. The maximum atomic E-state index is 13.8. The topological polar surface area (TPSA) is 119 Å². The van der Waals surface area contributed by atoms with Crippen LogP contribution in [0, 0.1) is 17.3 Å². The lowest BCUT2D eigenvalue weighted by Gasteiger charge is -2.56. The van der Waals surface area contributed by atoms with Crippen molar-refractivity contribution in [2.24, 2.45) is 17.3 Å². The third kappa shape index (κ3) is 8.43. The lowest BCUT2D eigenvalue weighted by atomic mass is 9.75. The largest absolute Gasteiger partial charge is 0.396 e. The molecule has 252 valence electrons. The quantitative estimate of drug-likeness (QED) is 0.299. The third-order valence-electron chi connectivity index (χ3n) is 10.3. The average Bonchev–Trinajstić information content (AvgIpc) is 2.83. The van der Waals surface area contributed by atoms with Crippen LogP contribution in [0.2, 0.25) is 0 Å². The molecule has 0 aromatic heterocycles. The number of carbonyl (C=O) groups excluding carboxylic acids is 4. The Morgan fingerprint density at radius 1 is 0.750 bits per heavy atom. The summed E-state index contributed by atoms with van der Waals surface area (Å²) in [4.78, 5) is 57.3. The Morgan fingerprint density at radius 3 is 1.36 bits per heavy atom. The summed E-state index contributed by atoms with van der Waals surface area (Å²) in [5.74, 6) is -0.907. The summed E-state index contributed by atoms with van der Waals surface area (Å²) in [6, 6.07) is -0.182. The number of piperidine rings is 2. The normalized spacial score (nSPS) is 23.0. The molecule has 4 amide bonds. The first kappa shape index (κ1) is 37.8. The molecule has 0 bridgehead atoms. The van der Waals surface area contributed by atoms with Gasteiger partial charge in [0.25, 0.3) is 0 Å². The van der Waals surface area contributed by atoms with Gasteiger partial charge in [-0.3, -0.25) is 19.2 Å². The van der Waals surface area contributed by atoms with Crippen LogP contribution >= 0.6 is 0 Å². The van der Waals surface area contributed by atoms with E-state index in [1.54, 1.807) is 0 Å². The molecule has 2 atom stereocenters. The number of hydrogen-bond acceptors (Lipinski definition) is 5. The van der Waals surface area contributed by atoms with E-state index >= 15 is 0 Å². The number of likely N-dealkylation sites (tertiary alicyclic amines) is 2. The summed E-state index contributed by atoms with van der Waals surface area (Å²) < 4.78 is 0. The first-order valence-electron chi connectivity index (χ1n) is 16.3. The fourth-order valence-electron chi connectivity index (χ4n) is 7.92. The molecule has 3 N–H and O–H groups in total. The van der Waals surface area contributed by atoms with Crippen molar-refractivity contribution in [3.63, 3.8) is 0 Å². The number of aliphatic hydroxyl groups is 1. The van der Waals surface area contributed by atoms with Gasteiger partial charge in [0, 0.05) is 59.6 Å². The van der Waals surface area contributed by atoms with Crippen molar-refractivity contribution in [3.05, 3.63) is 12.2 Å². The minimum absolute atomic E-state index is 0.0449. The van der Waals surface area contributed by atoms with Gasteiger partial charge in [-0.1, -0.05) is 32.9 Å². The second-order valence-corrected chi connectivity index (χ2v) is 16.9. The van der Waals surface area contributed by atoms with E-state index in [9.17, 15) is 24.3 Å². The molecular weight excluding hydrogens is 556 g/mol.